The van der Waals surface area contributed by atoms with Crippen molar-refractivity contribution in [3.63, 3.8) is 0 Å². The molecule has 33 heavy (non-hydrogen) atoms. The molecule has 2 aromatic rings. The zero-order valence-corrected chi connectivity index (χ0v) is 20.3. The number of sulfone groups is 1. The number of methoxy groups -OCH3 is 1. The van der Waals surface area contributed by atoms with Gasteiger partial charge in [-0.25, -0.2) is 8.42 Å². The van der Waals surface area contributed by atoms with Crippen molar-refractivity contribution >= 4 is 39.1 Å². The Morgan fingerprint density at radius 2 is 1.85 bits per heavy atom. The lowest BCUT2D eigenvalue weighted by atomic mass is 10.1. The molecule has 1 fully saturated rings. The van der Waals surface area contributed by atoms with Crippen LogP contribution in [0.4, 0.5) is 5.69 Å². The van der Waals surface area contributed by atoms with Crippen LogP contribution >= 0.6 is 11.8 Å². The molecule has 10 heteroatoms. The molecule has 3 N–H and O–H groups in total. The first-order valence-corrected chi connectivity index (χ1v) is 13.3. The standard InChI is InChI=1S/C23H29N3O5S2/c1-3-4-5-16-6-12-19(13-7-16)33(29,30)20-14-24-23(26-22(20)28)32-15-21(27)25-17-8-10-18(31-2)11-9-17/h6-13,20,23-24H,3-5,14-15H2,1-2H3,(H,25,27)(H,26,28). The average Bonchev–Trinajstić information content (AvgIpc) is 2.82. The molecule has 178 valence electrons. The maximum atomic E-state index is 13.0. The van der Waals surface area contributed by atoms with E-state index in [1.165, 1.54) is 11.8 Å². The maximum absolute atomic E-state index is 13.0. The second kappa shape index (κ2) is 11.5. The van der Waals surface area contributed by atoms with Crippen LogP contribution in [0, 0.1) is 0 Å². The average molecular weight is 492 g/mol. The van der Waals surface area contributed by atoms with Gasteiger partial charge in [-0.3, -0.25) is 14.9 Å². The van der Waals surface area contributed by atoms with Crippen molar-refractivity contribution in [2.75, 3.05) is 24.7 Å². The third-order valence-corrected chi connectivity index (χ3v) is 8.36. The van der Waals surface area contributed by atoms with E-state index >= 15 is 0 Å². The molecule has 2 unspecified atom stereocenters. The molecule has 1 heterocycles. The number of amides is 2. The van der Waals surface area contributed by atoms with E-state index in [9.17, 15) is 18.0 Å². The quantitative estimate of drug-likeness (QED) is 0.468. The lowest BCUT2D eigenvalue weighted by molar-refractivity contribution is -0.122. The number of hydrogen-bond donors (Lipinski definition) is 3. The van der Waals surface area contributed by atoms with Crippen LogP contribution in [0.3, 0.4) is 0 Å². The number of carbonyl (C=O) groups excluding carboxylic acids is 2. The Kier molecular flexibility index (Phi) is 8.76. The Labute approximate surface area is 198 Å². The van der Waals surface area contributed by atoms with Crippen LogP contribution in [0.2, 0.25) is 0 Å². The summed E-state index contributed by atoms with van der Waals surface area (Å²) in [5, 5.41) is 7.20. The number of hydrogen-bond acceptors (Lipinski definition) is 7. The number of aryl methyl sites for hydroxylation is 1. The van der Waals surface area contributed by atoms with Crippen molar-refractivity contribution in [3.8, 4) is 5.75 Å². The van der Waals surface area contributed by atoms with Gasteiger partial charge in [0.05, 0.1) is 17.8 Å². The highest BCUT2D eigenvalue weighted by Gasteiger charge is 2.38. The van der Waals surface area contributed by atoms with Crippen LogP contribution in [0.25, 0.3) is 0 Å². The lowest BCUT2D eigenvalue weighted by Gasteiger charge is -2.29. The fraction of sp³-hybridized carbons (Fsp3) is 0.391. The van der Waals surface area contributed by atoms with Gasteiger partial charge in [0.2, 0.25) is 11.8 Å². The van der Waals surface area contributed by atoms with Gasteiger partial charge in [-0.1, -0.05) is 25.5 Å². The zero-order valence-electron chi connectivity index (χ0n) is 18.7. The van der Waals surface area contributed by atoms with Crippen LogP contribution in [0.5, 0.6) is 5.75 Å². The van der Waals surface area contributed by atoms with Crippen molar-refractivity contribution in [1.29, 1.82) is 0 Å². The first kappa shape index (κ1) is 25.1. The third kappa shape index (κ3) is 6.72. The van der Waals surface area contributed by atoms with Gasteiger partial charge in [0.25, 0.3) is 0 Å². The zero-order chi connectivity index (χ0) is 23.8. The highest BCUT2D eigenvalue weighted by Crippen LogP contribution is 2.21. The smallest absolute Gasteiger partial charge is 0.241 e. The first-order valence-electron chi connectivity index (χ1n) is 10.8. The Bertz CT molecular complexity index is 1060. The minimum atomic E-state index is -3.82. The van der Waals surface area contributed by atoms with Crippen LogP contribution in [0.15, 0.2) is 53.4 Å². The number of nitrogens with one attached hydrogen (secondary N) is 3. The van der Waals surface area contributed by atoms with Gasteiger partial charge in [-0.05, 0) is 54.8 Å². The molecule has 2 amide bonds. The molecule has 2 atom stereocenters. The van der Waals surface area contributed by atoms with E-state index in [1.54, 1.807) is 55.6 Å². The molecular weight excluding hydrogens is 462 g/mol. The summed E-state index contributed by atoms with van der Waals surface area (Å²) in [6.45, 7) is 2.08. The minimum Gasteiger partial charge on any atom is -0.497 e. The highest BCUT2D eigenvalue weighted by atomic mass is 32.2. The van der Waals surface area contributed by atoms with Gasteiger partial charge in [0.15, 0.2) is 15.1 Å². The topological polar surface area (TPSA) is 114 Å². The second-order valence-electron chi connectivity index (χ2n) is 7.67. The molecule has 1 saturated heterocycles. The van der Waals surface area contributed by atoms with Gasteiger partial charge in [0.1, 0.15) is 11.2 Å². The van der Waals surface area contributed by atoms with Gasteiger partial charge in [-0.2, -0.15) is 0 Å². The molecule has 0 aliphatic carbocycles. The van der Waals surface area contributed by atoms with Gasteiger partial charge < -0.3 is 15.4 Å². The fourth-order valence-electron chi connectivity index (χ4n) is 3.35. The van der Waals surface area contributed by atoms with Crippen LogP contribution in [-0.4, -0.2) is 50.4 Å². The molecule has 0 aromatic heterocycles. The number of anilines is 1. The predicted molar refractivity (Wildman–Crippen MR) is 130 cm³/mol. The molecule has 2 aromatic carbocycles. The predicted octanol–water partition coefficient (Wildman–Crippen LogP) is 2.56. The van der Waals surface area contributed by atoms with Crippen LogP contribution < -0.4 is 20.7 Å². The SMILES string of the molecule is CCCCc1ccc(S(=O)(=O)C2CNC(SCC(=O)Nc3ccc(OC)cc3)NC2=O)cc1. The Hall–Kier alpha value is -2.56. The van der Waals surface area contributed by atoms with E-state index < -0.39 is 26.5 Å². The maximum Gasteiger partial charge on any atom is 0.241 e. The second-order valence-corrected chi connectivity index (χ2v) is 10.9. The Balaban J connectivity index is 1.51. The summed E-state index contributed by atoms with van der Waals surface area (Å²) in [4.78, 5) is 24.9. The summed E-state index contributed by atoms with van der Waals surface area (Å²) in [5.74, 6) is -0.0370. The lowest BCUT2D eigenvalue weighted by Crippen LogP contribution is -2.59. The number of benzene rings is 2. The van der Waals surface area contributed by atoms with Gasteiger partial charge in [0, 0.05) is 12.2 Å². The first-order chi connectivity index (χ1) is 15.8. The van der Waals surface area contributed by atoms with Crippen molar-refractivity contribution in [2.24, 2.45) is 0 Å². The molecule has 1 aliphatic heterocycles. The molecule has 0 saturated carbocycles. The van der Waals surface area contributed by atoms with Crippen molar-refractivity contribution in [1.82, 2.24) is 10.6 Å². The van der Waals surface area contributed by atoms with Crippen molar-refractivity contribution < 1.29 is 22.7 Å². The summed E-state index contributed by atoms with van der Waals surface area (Å²) in [7, 11) is -2.26. The number of unbranched alkanes of at least 4 members (excludes halogenated alkanes) is 1. The van der Waals surface area contributed by atoms with E-state index in [-0.39, 0.29) is 23.1 Å². The van der Waals surface area contributed by atoms with Gasteiger partial charge >= 0.3 is 0 Å². The van der Waals surface area contributed by atoms with Crippen molar-refractivity contribution in [2.45, 2.75) is 41.8 Å². The fourth-order valence-corrected chi connectivity index (χ4v) is 5.67. The molecule has 0 bridgehead atoms. The minimum absolute atomic E-state index is 0.0243. The molecule has 8 nitrogen and oxygen atoms in total. The van der Waals surface area contributed by atoms with E-state index in [0.29, 0.717) is 11.4 Å². The van der Waals surface area contributed by atoms with Crippen molar-refractivity contribution in [3.05, 3.63) is 54.1 Å². The summed E-state index contributed by atoms with van der Waals surface area (Å²) >= 11 is 1.18. The summed E-state index contributed by atoms with van der Waals surface area (Å²) < 4.78 is 31.0. The summed E-state index contributed by atoms with van der Waals surface area (Å²) in [6.07, 6.45) is 3.00. The van der Waals surface area contributed by atoms with E-state index in [4.69, 9.17) is 4.74 Å². The monoisotopic (exact) mass is 491 g/mol. The summed E-state index contributed by atoms with van der Waals surface area (Å²) in [6, 6.07) is 13.7. The molecule has 0 radical (unpaired) electrons. The number of thioether (sulfide) groups is 1. The van der Waals surface area contributed by atoms with E-state index in [1.807, 2.05) is 0 Å². The molecule has 1 aliphatic rings. The van der Waals surface area contributed by atoms with Gasteiger partial charge in [-0.15, -0.1) is 11.8 Å². The highest BCUT2D eigenvalue weighted by molar-refractivity contribution is 8.00. The molecular formula is C23H29N3O5S2. The van der Waals surface area contributed by atoms with Crippen LogP contribution in [-0.2, 0) is 25.8 Å². The third-order valence-electron chi connectivity index (χ3n) is 5.25. The molecule has 3 rings (SSSR count). The summed E-state index contributed by atoms with van der Waals surface area (Å²) in [5.41, 5.74) is 1.15. The normalized spacial score (nSPS) is 18.4. The number of rotatable bonds is 10. The van der Waals surface area contributed by atoms with E-state index in [0.717, 1.165) is 24.8 Å². The Morgan fingerprint density at radius 3 is 2.45 bits per heavy atom. The van der Waals surface area contributed by atoms with Crippen LogP contribution in [0.1, 0.15) is 25.3 Å². The largest absolute Gasteiger partial charge is 0.497 e. The molecule has 0 spiro atoms. The van der Waals surface area contributed by atoms with E-state index in [2.05, 4.69) is 22.9 Å². The number of ether oxygens (including phenoxy) is 1. The Morgan fingerprint density at radius 1 is 1.15 bits per heavy atom. The number of carbonyl (C=O) groups is 2.